The van der Waals surface area contributed by atoms with E-state index in [1.54, 1.807) is 18.4 Å². The molecule has 0 amide bonds. The van der Waals surface area contributed by atoms with Crippen molar-refractivity contribution in [1.82, 2.24) is 15.2 Å². The van der Waals surface area contributed by atoms with Gasteiger partial charge >= 0.3 is 0 Å². The lowest BCUT2D eigenvalue weighted by atomic mass is 10.2. The van der Waals surface area contributed by atoms with Crippen LogP contribution in [0, 0.1) is 5.82 Å². The van der Waals surface area contributed by atoms with Gasteiger partial charge in [-0.2, -0.15) is 0 Å². The van der Waals surface area contributed by atoms with Gasteiger partial charge in [-0.05, 0) is 31.2 Å². The summed E-state index contributed by atoms with van der Waals surface area (Å²) in [5.74, 6) is 0.290. The van der Waals surface area contributed by atoms with E-state index in [0.29, 0.717) is 11.9 Å². The van der Waals surface area contributed by atoms with E-state index >= 15 is 0 Å². The van der Waals surface area contributed by atoms with Crippen LogP contribution in [0.15, 0.2) is 34.9 Å². The number of halogens is 1. The molecule has 0 saturated carbocycles. The van der Waals surface area contributed by atoms with Gasteiger partial charge in [0, 0.05) is 37.8 Å². The van der Waals surface area contributed by atoms with Gasteiger partial charge in [0.05, 0.1) is 5.69 Å². The molecule has 3 rings (SSSR count). The number of nitrogens with one attached hydrogen (secondary N) is 1. The van der Waals surface area contributed by atoms with E-state index in [2.05, 4.69) is 22.1 Å². The lowest BCUT2D eigenvalue weighted by molar-refractivity contribution is 0.163. The van der Waals surface area contributed by atoms with Gasteiger partial charge in [0.15, 0.2) is 0 Å². The number of piperazine rings is 1. The number of hydrogen-bond acceptors (Lipinski definition) is 4. The van der Waals surface area contributed by atoms with Crippen LogP contribution in [0.2, 0.25) is 0 Å². The summed E-state index contributed by atoms with van der Waals surface area (Å²) in [5.41, 5.74) is 1.71. The Hall–Kier alpha value is -1.72. The van der Waals surface area contributed by atoms with Crippen molar-refractivity contribution in [3.8, 4) is 11.5 Å². The molecule has 0 unspecified atom stereocenters. The van der Waals surface area contributed by atoms with Crippen LogP contribution in [0.5, 0.6) is 0 Å². The predicted octanol–water partition coefficient (Wildman–Crippen LogP) is 2.27. The number of oxazole rings is 1. The Morgan fingerprint density at radius 2 is 2.20 bits per heavy atom. The number of nitrogens with zero attached hydrogens (tertiary/aromatic N) is 2. The minimum Gasteiger partial charge on any atom is -0.444 e. The van der Waals surface area contributed by atoms with Crippen molar-refractivity contribution < 1.29 is 8.81 Å². The van der Waals surface area contributed by atoms with Crippen LogP contribution in [0.1, 0.15) is 12.6 Å². The molecule has 20 heavy (non-hydrogen) atoms. The monoisotopic (exact) mass is 275 g/mol. The van der Waals surface area contributed by atoms with Gasteiger partial charge in [0.2, 0.25) is 5.89 Å². The van der Waals surface area contributed by atoms with E-state index in [1.807, 2.05) is 0 Å². The zero-order valence-electron chi connectivity index (χ0n) is 11.5. The molecule has 1 aliphatic rings. The molecule has 0 bridgehead atoms. The van der Waals surface area contributed by atoms with Crippen molar-refractivity contribution in [3.63, 3.8) is 0 Å². The largest absolute Gasteiger partial charge is 0.444 e. The van der Waals surface area contributed by atoms with Crippen LogP contribution in [0.4, 0.5) is 4.39 Å². The SMILES string of the molecule is C[C@@H]1CNCCN1Cc1coc(-c2ccc(F)cc2)n1. The molecule has 4 nitrogen and oxygen atoms in total. The van der Waals surface area contributed by atoms with E-state index in [0.717, 1.165) is 37.4 Å². The average molecular weight is 275 g/mol. The molecule has 0 aliphatic carbocycles. The summed E-state index contributed by atoms with van der Waals surface area (Å²) in [7, 11) is 0. The van der Waals surface area contributed by atoms with Crippen LogP contribution in [-0.2, 0) is 6.54 Å². The first-order chi connectivity index (χ1) is 9.72. The van der Waals surface area contributed by atoms with E-state index in [9.17, 15) is 4.39 Å². The fourth-order valence-corrected chi connectivity index (χ4v) is 2.43. The molecule has 1 aromatic heterocycles. The summed E-state index contributed by atoms with van der Waals surface area (Å²) in [4.78, 5) is 6.87. The molecule has 1 fully saturated rings. The second kappa shape index (κ2) is 5.73. The van der Waals surface area contributed by atoms with Gasteiger partial charge in [-0.3, -0.25) is 4.90 Å². The van der Waals surface area contributed by atoms with E-state index in [1.165, 1.54) is 12.1 Å². The number of benzene rings is 1. The summed E-state index contributed by atoms with van der Waals surface area (Å²) in [6, 6.07) is 6.68. The average Bonchev–Trinajstić information content (AvgIpc) is 2.91. The highest BCUT2D eigenvalue weighted by atomic mass is 19.1. The minimum absolute atomic E-state index is 0.254. The van der Waals surface area contributed by atoms with Gasteiger partial charge in [0.1, 0.15) is 12.1 Å². The third kappa shape index (κ3) is 2.89. The van der Waals surface area contributed by atoms with Gasteiger partial charge in [-0.1, -0.05) is 0 Å². The van der Waals surface area contributed by atoms with Crippen molar-refractivity contribution in [1.29, 1.82) is 0 Å². The summed E-state index contributed by atoms with van der Waals surface area (Å²) in [6.45, 7) is 6.01. The van der Waals surface area contributed by atoms with E-state index < -0.39 is 0 Å². The fourth-order valence-electron chi connectivity index (χ4n) is 2.43. The maximum atomic E-state index is 12.9. The molecule has 1 N–H and O–H groups in total. The van der Waals surface area contributed by atoms with Crippen molar-refractivity contribution >= 4 is 0 Å². The number of rotatable bonds is 3. The first kappa shape index (κ1) is 13.3. The van der Waals surface area contributed by atoms with Crippen LogP contribution < -0.4 is 5.32 Å². The Bertz CT molecular complexity index is 567. The van der Waals surface area contributed by atoms with Gasteiger partial charge < -0.3 is 9.73 Å². The van der Waals surface area contributed by atoms with E-state index in [4.69, 9.17) is 4.42 Å². The predicted molar refractivity (Wildman–Crippen MR) is 74.6 cm³/mol. The number of hydrogen-bond donors (Lipinski definition) is 1. The standard InChI is InChI=1S/C15H18FN3O/c1-11-8-17-6-7-19(11)9-14-10-20-15(18-14)12-2-4-13(16)5-3-12/h2-5,10-11,17H,6-9H2,1H3/t11-/m1/s1. The van der Waals surface area contributed by atoms with Crippen LogP contribution >= 0.6 is 0 Å². The Balaban J connectivity index is 1.71. The van der Waals surface area contributed by atoms with E-state index in [-0.39, 0.29) is 5.82 Å². The van der Waals surface area contributed by atoms with Gasteiger partial charge in [0.25, 0.3) is 0 Å². The van der Waals surface area contributed by atoms with Crippen LogP contribution in [0.25, 0.3) is 11.5 Å². The minimum atomic E-state index is -0.254. The zero-order chi connectivity index (χ0) is 13.9. The van der Waals surface area contributed by atoms with Crippen LogP contribution in [-0.4, -0.2) is 35.6 Å². The molecular formula is C15H18FN3O. The Kier molecular flexibility index (Phi) is 3.80. The molecule has 5 heteroatoms. The van der Waals surface area contributed by atoms with Gasteiger partial charge in [-0.25, -0.2) is 9.37 Å². The van der Waals surface area contributed by atoms with Crippen molar-refractivity contribution in [2.45, 2.75) is 19.5 Å². The topological polar surface area (TPSA) is 41.3 Å². The molecule has 2 heterocycles. The van der Waals surface area contributed by atoms with Crippen molar-refractivity contribution in [2.75, 3.05) is 19.6 Å². The Morgan fingerprint density at radius 3 is 2.95 bits per heavy atom. The lowest BCUT2D eigenvalue weighted by Crippen LogP contribution is -2.49. The molecule has 2 aromatic rings. The maximum absolute atomic E-state index is 12.9. The maximum Gasteiger partial charge on any atom is 0.226 e. The Labute approximate surface area is 117 Å². The molecule has 106 valence electrons. The molecule has 0 radical (unpaired) electrons. The summed E-state index contributed by atoms with van der Waals surface area (Å²) in [5, 5.41) is 3.37. The zero-order valence-corrected chi connectivity index (χ0v) is 11.5. The first-order valence-electron chi connectivity index (χ1n) is 6.87. The first-order valence-corrected chi connectivity index (χ1v) is 6.87. The summed E-state index contributed by atoms with van der Waals surface area (Å²) in [6.07, 6.45) is 1.69. The highest BCUT2D eigenvalue weighted by Gasteiger charge is 2.19. The second-order valence-electron chi connectivity index (χ2n) is 5.17. The van der Waals surface area contributed by atoms with Crippen molar-refractivity contribution in [3.05, 3.63) is 42.0 Å². The number of aromatic nitrogens is 1. The summed E-state index contributed by atoms with van der Waals surface area (Å²) >= 11 is 0. The molecule has 1 saturated heterocycles. The summed E-state index contributed by atoms with van der Waals surface area (Å²) < 4.78 is 18.4. The molecule has 1 aliphatic heterocycles. The smallest absolute Gasteiger partial charge is 0.226 e. The molecule has 1 aromatic carbocycles. The molecular weight excluding hydrogens is 257 g/mol. The van der Waals surface area contributed by atoms with Crippen LogP contribution in [0.3, 0.4) is 0 Å². The highest BCUT2D eigenvalue weighted by Crippen LogP contribution is 2.20. The quantitative estimate of drug-likeness (QED) is 0.933. The third-order valence-electron chi connectivity index (χ3n) is 3.65. The lowest BCUT2D eigenvalue weighted by Gasteiger charge is -2.33. The fraction of sp³-hybridized carbons (Fsp3) is 0.400. The molecule has 1 atom stereocenters. The Morgan fingerprint density at radius 1 is 1.40 bits per heavy atom. The second-order valence-corrected chi connectivity index (χ2v) is 5.17. The van der Waals surface area contributed by atoms with Gasteiger partial charge in [-0.15, -0.1) is 0 Å². The third-order valence-corrected chi connectivity index (χ3v) is 3.65. The van der Waals surface area contributed by atoms with Crippen molar-refractivity contribution in [2.24, 2.45) is 0 Å². The molecule has 0 spiro atoms. The normalized spacial score (nSPS) is 20.2. The highest BCUT2D eigenvalue weighted by molar-refractivity contribution is 5.52.